The van der Waals surface area contributed by atoms with Gasteiger partial charge in [-0.3, -0.25) is 0 Å². The van der Waals surface area contributed by atoms with Gasteiger partial charge in [0.1, 0.15) is 0 Å². The number of rotatable bonds is 1. The van der Waals surface area contributed by atoms with Crippen molar-refractivity contribution < 1.29 is 23.1 Å². The molecule has 0 spiro atoms. The van der Waals surface area contributed by atoms with E-state index in [0.29, 0.717) is 5.52 Å². The van der Waals surface area contributed by atoms with Crippen LogP contribution >= 0.6 is 0 Å². The number of aromatic nitrogens is 1. The van der Waals surface area contributed by atoms with Gasteiger partial charge < -0.3 is 9.67 Å². The van der Waals surface area contributed by atoms with Crippen LogP contribution in [0.1, 0.15) is 15.9 Å². The van der Waals surface area contributed by atoms with E-state index in [1.165, 1.54) is 16.8 Å². The van der Waals surface area contributed by atoms with Gasteiger partial charge >= 0.3 is 12.1 Å². The van der Waals surface area contributed by atoms with Gasteiger partial charge in [0.05, 0.1) is 11.1 Å². The third-order valence-corrected chi connectivity index (χ3v) is 2.55. The summed E-state index contributed by atoms with van der Waals surface area (Å²) in [5, 5.41) is 8.99. The van der Waals surface area contributed by atoms with Crippen LogP contribution in [0.5, 0.6) is 0 Å². The van der Waals surface area contributed by atoms with Crippen molar-refractivity contribution in [2.24, 2.45) is 7.05 Å². The number of nitrogens with zero attached hydrogens (tertiary/aromatic N) is 1. The Hall–Kier alpha value is -1.98. The molecule has 0 aliphatic rings. The summed E-state index contributed by atoms with van der Waals surface area (Å²) in [6, 6.07) is 3.07. The average Bonchev–Trinajstić information content (AvgIpc) is 2.54. The zero-order chi connectivity index (χ0) is 12.8. The van der Waals surface area contributed by atoms with Crippen LogP contribution in [-0.2, 0) is 13.2 Å². The smallest absolute Gasteiger partial charge is 0.416 e. The van der Waals surface area contributed by atoms with Crippen molar-refractivity contribution in [1.82, 2.24) is 4.57 Å². The van der Waals surface area contributed by atoms with E-state index in [0.717, 1.165) is 12.1 Å². The second-order valence-corrected chi connectivity index (χ2v) is 3.69. The largest absolute Gasteiger partial charge is 0.478 e. The van der Waals surface area contributed by atoms with Gasteiger partial charge in [0.2, 0.25) is 0 Å². The highest BCUT2D eigenvalue weighted by molar-refractivity contribution is 6.03. The molecule has 0 aliphatic carbocycles. The third kappa shape index (κ3) is 1.86. The Labute approximate surface area is 94.1 Å². The number of alkyl halides is 3. The number of halogens is 3. The molecule has 2 aromatic rings. The fraction of sp³-hybridized carbons (Fsp3) is 0.182. The van der Waals surface area contributed by atoms with Gasteiger partial charge in [-0.1, -0.05) is 0 Å². The maximum atomic E-state index is 12.5. The molecule has 2 rings (SSSR count). The number of carbonyl (C=O) groups is 1. The summed E-state index contributed by atoms with van der Waals surface area (Å²) in [5.74, 6) is -1.24. The first-order chi connectivity index (χ1) is 7.80. The number of carboxylic acids is 1. The van der Waals surface area contributed by atoms with Crippen molar-refractivity contribution in [3.05, 3.63) is 35.5 Å². The SMILES string of the molecule is Cn1cc(C(=O)O)c2cc(C(F)(F)F)ccc21. The lowest BCUT2D eigenvalue weighted by molar-refractivity contribution is -0.137. The maximum absolute atomic E-state index is 12.5. The summed E-state index contributed by atoms with van der Waals surface area (Å²) in [6.07, 6.45) is -3.17. The molecule has 1 N–H and O–H groups in total. The Bertz CT molecular complexity index is 599. The summed E-state index contributed by atoms with van der Waals surface area (Å²) in [5.41, 5.74) is -0.525. The fourth-order valence-electron chi connectivity index (χ4n) is 1.74. The molecule has 90 valence electrons. The lowest BCUT2D eigenvalue weighted by Gasteiger charge is -2.06. The molecule has 0 saturated heterocycles. The minimum absolute atomic E-state index is 0.0924. The first-order valence-electron chi connectivity index (χ1n) is 4.70. The molecule has 3 nitrogen and oxygen atoms in total. The van der Waals surface area contributed by atoms with Crippen LogP contribution in [0.3, 0.4) is 0 Å². The van der Waals surface area contributed by atoms with Crippen LogP contribution < -0.4 is 0 Å². The predicted molar refractivity (Wildman–Crippen MR) is 54.9 cm³/mol. The number of hydrogen-bond donors (Lipinski definition) is 1. The summed E-state index contributed by atoms with van der Waals surface area (Å²) in [6.45, 7) is 0. The highest BCUT2D eigenvalue weighted by atomic mass is 19.4. The van der Waals surface area contributed by atoms with Crippen molar-refractivity contribution in [2.45, 2.75) is 6.18 Å². The van der Waals surface area contributed by atoms with Crippen molar-refractivity contribution >= 4 is 16.9 Å². The number of hydrogen-bond acceptors (Lipinski definition) is 1. The summed E-state index contributed by atoms with van der Waals surface area (Å²) in [7, 11) is 1.59. The number of aromatic carboxylic acids is 1. The standard InChI is InChI=1S/C11H8F3NO2/c1-15-5-8(10(16)17)7-4-6(11(12,13)14)2-3-9(7)15/h2-5H,1H3,(H,16,17). The molecule has 1 heterocycles. The van der Waals surface area contributed by atoms with Gasteiger partial charge in [-0.15, -0.1) is 0 Å². The van der Waals surface area contributed by atoms with Crippen LogP contribution in [0.4, 0.5) is 13.2 Å². The molecular weight excluding hydrogens is 235 g/mol. The molecular formula is C11H8F3NO2. The molecule has 0 atom stereocenters. The second kappa shape index (κ2) is 3.51. The van der Waals surface area contributed by atoms with Crippen LogP contribution in [0.2, 0.25) is 0 Å². The molecule has 0 aliphatic heterocycles. The molecule has 1 aromatic carbocycles. The highest BCUT2D eigenvalue weighted by Gasteiger charge is 2.31. The van der Waals surface area contributed by atoms with Crippen LogP contribution in [0.25, 0.3) is 10.9 Å². The minimum Gasteiger partial charge on any atom is -0.478 e. The van der Waals surface area contributed by atoms with E-state index in [-0.39, 0.29) is 10.9 Å². The minimum atomic E-state index is -4.47. The Morgan fingerprint density at radius 1 is 1.35 bits per heavy atom. The van der Waals surface area contributed by atoms with Crippen LogP contribution in [0.15, 0.2) is 24.4 Å². The van der Waals surface area contributed by atoms with E-state index in [9.17, 15) is 18.0 Å². The summed E-state index contributed by atoms with van der Waals surface area (Å²) >= 11 is 0. The third-order valence-electron chi connectivity index (χ3n) is 2.55. The lowest BCUT2D eigenvalue weighted by atomic mass is 10.1. The molecule has 0 saturated carbocycles. The second-order valence-electron chi connectivity index (χ2n) is 3.69. The maximum Gasteiger partial charge on any atom is 0.416 e. The van der Waals surface area contributed by atoms with Crippen molar-refractivity contribution in [1.29, 1.82) is 0 Å². The zero-order valence-electron chi connectivity index (χ0n) is 8.75. The van der Waals surface area contributed by atoms with E-state index in [4.69, 9.17) is 5.11 Å². The Balaban J connectivity index is 2.75. The normalized spacial score (nSPS) is 12.0. The Morgan fingerprint density at radius 2 is 2.00 bits per heavy atom. The summed E-state index contributed by atoms with van der Waals surface area (Å²) < 4.78 is 39.0. The number of carboxylic acid groups (broad SMARTS) is 1. The lowest BCUT2D eigenvalue weighted by Crippen LogP contribution is -2.04. The predicted octanol–water partition coefficient (Wildman–Crippen LogP) is 2.90. The van der Waals surface area contributed by atoms with Gasteiger partial charge in [0.15, 0.2) is 0 Å². The molecule has 6 heteroatoms. The molecule has 0 radical (unpaired) electrons. The van der Waals surface area contributed by atoms with Gasteiger partial charge in [-0.25, -0.2) is 4.79 Å². The highest BCUT2D eigenvalue weighted by Crippen LogP contribution is 2.32. The van der Waals surface area contributed by atoms with E-state index in [2.05, 4.69) is 0 Å². The van der Waals surface area contributed by atoms with Crippen LogP contribution in [0, 0.1) is 0 Å². The molecule has 17 heavy (non-hydrogen) atoms. The Kier molecular flexibility index (Phi) is 2.38. The molecule has 0 unspecified atom stereocenters. The summed E-state index contributed by atoms with van der Waals surface area (Å²) in [4.78, 5) is 10.9. The van der Waals surface area contributed by atoms with Crippen molar-refractivity contribution in [3.63, 3.8) is 0 Å². The fourth-order valence-corrected chi connectivity index (χ4v) is 1.74. The number of aryl methyl sites for hydroxylation is 1. The van der Waals surface area contributed by atoms with E-state index in [1.807, 2.05) is 0 Å². The van der Waals surface area contributed by atoms with E-state index < -0.39 is 17.7 Å². The van der Waals surface area contributed by atoms with Crippen molar-refractivity contribution in [3.8, 4) is 0 Å². The van der Waals surface area contributed by atoms with Gasteiger partial charge in [0, 0.05) is 24.1 Å². The average molecular weight is 243 g/mol. The molecule has 0 amide bonds. The first-order valence-corrected chi connectivity index (χ1v) is 4.70. The number of fused-ring (bicyclic) bond motifs is 1. The van der Waals surface area contributed by atoms with Gasteiger partial charge in [-0.05, 0) is 18.2 Å². The van der Waals surface area contributed by atoms with E-state index >= 15 is 0 Å². The molecule has 1 aromatic heterocycles. The topological polar surface area (TPSA) is 42.2 Å². The van der Waals surface area contributed by atoms with E-state index in [1.54, 1.807) is 7.05 Å². The van der Waals surface area contributed by atoms with Crippen LogP contribution in [-0.4, -0.2) is 15.6 Å². The van der Waals surface area contributed by atoms with Gasteiger partial charge in [0.25, 0.3) is 0 Å². The van der Waals surface area contributed by atoms with Gasteiger partial charge in [-0.2, -0.15) is 13.2 Å². The zero-order valence-corrected chi connectivity index (χ0v) is 8.75. The Morgan fingerprint density at radius 3 is 2.53 bits per heavy atom. The molecule has 0 bridgehead atoms. The molecule has 0 fully saturated rings. The monoisotopic (exact) mass is 243 g/mol. The van der Waals surface area contributed by atoms with Crippen molar-refractivity contribution in [2.75, 3.05) is 0 Å². The number of benzene rings is 1. The quantitative estimate of drug-likeness (QED) is 0.836. The first kappa shape index (κ1) is 11.5.